The zero-order valence-corrected chi connectivity index (χ0v) is 13.5. The van der Waals surface area contributed by atoms with Crippen LogP contribution in [0, 0.1) is 11.3 Å². The number of nitriles is 1. The summed E-state index contributed by atoms with van der Waals surface area (Å²) in [4.78, 5) is 31.9. The molecule has 1 unspecified atom stereocenters. The summed E-state index contributed by atoms with van der Waals surface area (Å²) >= 11 is 0. The first-order valence-corrected chi connectivity index (χ1v) is 7.35. The van der Waals surface area contributed by atoms with Gasteiger partial charge in [0.25, 0.3) is 5.56 Å². The number of imidazole rings is 1. The van der Waals surface area contributed by atoms with E-state index in [2.05, 4.69) is 15.3 Å². The highest BCUT2D eigenvalue weighted by atomic mass is 16.2. The van der Waals surface area contributed by atoms with Crippen molar-refractivity contribution in [3.8, 4) is 6.07 Å². The predicted molar refractivity (Wildman–Crippen MR) is 89.8 cm³/mol. The third-order valence-corrected chi connectivity index (χ3v) is 3.95. The van der Waals surface area contributed by atoms with E-state index < -0.39 is 11.2 Å². The molecule has 0 amide bonds. The molecule has 0 aliphatic heterocycles. The number of hydrogen-bond donors (Lipinski definition) is 2. The number of fused-ring (bicyclic) bond motifs is 1. The van der Waals surface area contributed by atoms with Gasteiger partial charge in [-0.1, -0.05) is 12.1 Å². The number of aromatic amines is 1. The van der Waals surface area contributed by atoms with Crippen molar-refractivity contribution in [2.75, 3.05) is 5.32 Å². The molecule has 0 aliphatic carbocycles. The smallest absolute Gasteiger partial charge is 0.332 e. The van der Waals surface area contributed by atoms with Crippen molar-refractivity contribution in [3.05, 3.63) is 56.5 Å². The SMILES string of the molecule is CC(Nc1c(C#N)c(=O)n(C)c(=O)n1C)c1nc2ccccc2[nH]1. The van der Waals surface area contributed by atoms with Crippen LogP contribution in [0.2, 0.25) is 0 Å². The number of H-pyrrole nitrogens is 1. The quantitative estimate of drug-likeness (QED) is 0.747. The molecule has 2 heterocycles. The van der Waals surface area contributed by atoms with Crippen LogP contribution in [-0.2, 0) is 14.1 Å². The zero-order valence-electron chi connectivity index (χ0n) is 13.5. The van der Waals surface area contributed by atoms with E-state index >= 15 is 0 Å². The lowest BCUT2D eigenvalue weighted by Gasteiger charge is -2.17. The zero-order chi connectivity index (χ0) is 17.4. The van der Waals surface area contributed by atoms with Crippen molar-refractivity contribution in [1.82, 2.24) is 19.1 Å². The molecule has 0 bridgehead atoms. The fraction of sp³-hybridized carbons (Fsp3) is 0.250. The Kier molecular flexibility index (Phi) is 3.69. The number of rotatable bonds is 3. The topological polar surface area (TPSA) is 108 Å². The summed E-state index contributed by atoms with van der Waals surface area (Å²) in [7, 11) is 2.86. The van der Waals surface area contributed by atoms with Crippen LogP contribution < -0.4 is 16.6 Å². The lowest BCUT2D eigenvalue weighted by atomic mass is 10.2. The average Bonchev–Trinajstić information content (AvgIpc) is 3.02. The Labute approximate surface area is 137 Å². The summed E-state index contributed by atoms with van der Waals surface area (Å²) in [6.07, 6.45) is 0. The second-order valence-electron chi connectivity index (χ2n) is 5.55. The molecule has 122 valence electrons. The fourth-order valence-electron chi connectivity index (χ4n) is 2.57. The van der Waals surface area contributed by atoms with Crippen molar-refractivity contribution < 1.29 is 0 Å². The number of aromatic nitrogens is 4. The minimum atomic E-state index is -0.625. The van der Waals surface area contributed by atoms with Crippen LogP contribution in [0.15, 0.2) is 33.9 Å². The van der Waals surface area contributed by atoms with Crippen LogP contribution in [-0.4, -0.2) is 19.1 Å². The molecule has 0 saturated carbocycles. The lowest BCUT2D eigenvalue weighted by Crippen LogP contribution is -2.40. The van der Waals surface area contributed by atoms with E-state index in [1.54, 1.807) is 0 Å². The maximum Gasteiger partial charge on any atom is 0.332 e. The van der Waals surface area contributed by atoms with E-state index in [4.69, 9.17) is 0 Å². The van der Waals surface area contributed by atoms with E-state index in [1.807, 2.05) is 37.3 Å². The molecular weight excluding hydrogens is 308 g/mol. The van der Waals surface area contributed by atoms with Gasteiger partial charge in [0.05, 0.1) is 17.1 Å². The van der Waals surface area contributed by atoms with Gasteiger partial charge < -0.3 is 10.3 Å². The number of para-hydroxylation sites is 2. The third kappa shape index (κ3) is 2.36. The molecule has 1 aromatic carbocycles. The Morgan fingerprint density at radius 2 is 1.96 bits per heavy atom. The Hall–Kier alpha value is -3.34. The molecule has 0 aliphatic rings. The normalized spacial score (nSPS) is 12.1. The molecule has 3 aromatic rings. The summed E-state index contributed by atoms with van der Waals surface area (Å²) in [5.41, 5.74) is 0.472. The summed E-state index contributed by atoms with van der Waals surface area (Å²) in [6.45, 7) is 1.83. The number of nitrogens with zero attached hydrogens (tertiary/aromatic N) is 4. The Morgan fingerprint density at radius 3 is 2.62 bits per heavy atom. The van der Waals surface area contributed by atoms with Crippen molar-refractivity contribution in [3.63, 3.8) is 0 Å². The minimum Gasteiger partial charge on any atom is -0.360 e. The molecule has 2 N–H and O–H groups in total. The van der Waals surface area contributed by atoms with Crippen LogP contribution in [0.25, 0.3) is 11.0 Å². The molecule has 8 nitrogen and oxygen atoms in total. The number of hydrogen-bond acceptors (Lipinski definition) is 5. The molecule has 2 aromatic heterocycles. The van der Waals surface area contributed by atoms with Gasteiger partial charge in [-0.05, 0) is 19.1 Å². The largest absolute Gasteiger partial charge is 0.360 e. The van der Waals surface area contributed by atoms with Crippen LogP contribution >= 0.6 is 0 Å². The van der Waals surface area contributed by atoms with E-state index in [0.29, 0.717) is 5.82 Å². The van der Waals surface area contributed by atoms with Gasteiger partial charge >= 0.3 is 5.69 Å². The Morgan fingerprint density at radius 1 is 1.25 bits per heavy atom. The van der Waals surface area contributed by atoms with Crippen molar-refractivity contribution in [2.45, 2.75) is 13.0 Å². The highest BCUT2D eigenvalue weighted by molar-refractivity contribution is 5.75. The molecule has 0 radical (unpaired) electrons. The summed E-state index contributed by atoms with van der Waals surface area (Å²) in [5.74, 6) is 0.826. The first-order chi connectivity index (χ1) is 11.4. The molecule has 0 fully saturated rings. The summed E-state index contributed by atoms with van der Waals surface area (Å²) < 4.78 is 2.16. The van der Waals surface area contributed by atoms with Crippen molar-refractivity contribution >= 4 is 16.9 Å². The van der Waals surface area contributed by atoms with Gasteiger partial charge in [-0.2, -0.15) is 5.26 Å². The molecule has 1 atom stereocenters. The monoisotopic (exact) mass is 324 g/mol. The van der Waals surface area contributed by atoms with E-state index in [1.165, 1.54) is 18.7 Å². The van der Waals surface area contributed by atoms with E-state index in [-0.39, 0.29) is 17.4 Å². The van der Waals surface area contributed by atoms with Crippen molar-refractivity contribution in [2.24, 2.45) is 14.1 Å². The standard InChI is InChI=1S/C16H16N6O2/c1-9(13-19-11-6-4-5-7-12(11)20-13)18-14-10(8-17)15(23)22(3)16(24)21(14)2/h4-7,9,18H,1-3H3,(H,19,20). The highest BCUT2D eigenvalue weighted by Gasteiger charge is 2.19. The fourth-order valence-corrected chi connectivity index (χ4v) is 2.57. The lowest BCUT2D eigenvalue weighted by molar-refractivity contribution is 0.674. The molecule has 0 saturated heterocycles. The maximum absolute atomic E-state index is 12.1. The van der Waals surface area contributed by atoms with Gasteiger partial charge in [0.1, 0.15) is 17.7 Å². The van der Waals surface area contributed by atoms with Crippen LogP contribution in [0.4, 0.5) is 5.82 Å². The van der Waals surface area contributed by atoms with Gasteiger partial charge in [0, 0.05) is 14.1 Å². The molecule has 8 heteroatoms. The first-order valence-electron chi connectivity index (χ1n) is 7.35. The predicted octanol–water partition coefficient (Wildman–Crippen LogP) is 1.01. The van der Waals surface area contributed by atoms with Gasteiger partial charge in [-0.3, -0.25) is 13.9 Å². The van der Waals surface area contributed by atoms with Crippen LogP contribution in [0.5, 0.6) is 0 Å². The van der Waals surface area contributed by atoms with Crippen molar-refractivity contribution in [1.29, 1.82) is 5.26 Å². The van der Waals surface area contributed by atoms with Crippen LogP contribution in [0.3, 0.4) is 0 Å². The molecular formula is C16H16N6O2. The highest BCUT2D eigenvalue weighted by Crippen LogP contribution is 2.20. The third-order valence-electron chi connectivity index (χ3n) is 3.95. The van der Waals surface area contributed by atoms with E-state index in [9.17, 15) is 14.9 Å². The second kappa shape index (κ2) is 5.70. The van der Waals surface area contributed by atoms with Gasteiger partial charge in [0.15, 0.2) is 5.56 Å². The Balaban J connectivity index is 2.06. The van der Waals surface area contributed by atoms with Gasteiger partial charge in [0.2, 0.25) is 0 Å². The van der Waals surface area contributed by atoms with E-state index in [0.717, 1.165) is 15.6 Å². The molecule has 3 rings (SSSR count). The number of anilines is 1. The van der Waals surface area contributed by atoms with Gasteiger partial charge in [-0.25, -0.2) is 9.78 Å². The number of benzene rings is 1. The maximum atomic E-state index is 12.1. The van der Waals surface area contributed by atoms with Crippen LogP contribution in [0.1, 0.15) is 24.4 Å². The summed E-state index contributed by atoms with van der Waals surface area (Å²) in [6, 6.07) is 9.13. The first kappa shape index (κ1) is 15.6. The average molecular weight is 324 g/mol. The summed E-state index contributed by atoms with van der Waals surface area (Å²) in [5, 5.41) is 12.3. The number of nitrogens with one attached hydrogen (secondary N) is 2. The molecule has 24 heavy (non-hydrogen) atoms. The minimum absolute atomic E-state index is 0.109. The molecule has 0 spiro atoms. The Bertz CT molecular complexity index is 1050. The second-order valence-corrected chi connectivity index (χ2v) is 5.55. The van der Waals surface area contributed by atoms with Gasteiger partial charge in [-0.15, -0.1) is 0 Å².